The van der Waals surface area contributed by atoms with Gasteiger partial charge < -0.3 is 14.3 Å². The van der Waals surface area contributed by atoms with Gasteiger partial charge in [0.2, 0.25) is 23.3 Å². The number of aromatic hydroxyl groups is 1. The number of halogens is 2. The lowest BCUT2D eigenvalue weighted by molar-refractivity contribution is -0.132. The molecule has 0 saturated carbocycles. The van der Waals surface area contributed by atoms with E-state index in [9.17, 15) is 23.9 Å². The molecule has 2 amide bonds. The first-order chi connectivity index (χ1) is 11.8. The topological polar surface area (TPSA) is 97.0 Å². The quantitative estimate of drug-likeness (QED) is 0.661. The molecule has 130 valence electrons. The molecule has 0 atom stereocenters. The number of hydrogen-bond acceptors (Lipinski definition) is 6. The second kappa shape index (κ2) is 6.21. The molecule has 1 aliphatic heterocycles. The third kappa shape index (κ3) is 2.96. The second-order valence-electron chi connectivity index (χ2n) is 5.26. The van der Waals surface area contributed by atoms with Crippen LogP contribution in [0.4, 0.5) is 10.3 Å². The Hall–Kier alpha value is -2.87. The van der Waals surface area contributed by atoms with Crippen LogP contribution in [0.1, 0.15) is 19.8 Å². The second-order valence-corrected chi connectivity index (χ2v) is 5.67. The maximum absolute atomic E-state index is 13.7. The summed E-state index contributed by atoms with van der Waals surface area (Å²) in [5.74, 6) is -4.52. The van der Waals surface area contributed by atoms with Crippen molar-refractivity contribution in [3.63, 3.8) is 0 Å². The molecule has 3 rings (SSSR count). The van der Waals surface area contributed by atoms with E-state index in [-0.39, 0.29) is 29.2 Å². The first-order valence-corrected chi connectivity index (χ1v) is 7.52. The number of benzene rings is 1. The zero-order chi connectivity index (χ0) is 18.3. The molecule has 0 spiro atoms. The SMILES string of the molecule is CC(=O)Oc1c(N2C(=O)CCC2=O)oc(-c2ccc(Cl)c(F)c2)c1O. The smallest absolute Gasteiger partial charge is 0.308 e. The predicted octanol–water partition coefficient (Wildman–Crippen LogP) is 3.02. The van der Waals surface area contributed by atoms with E-state index < -0.39 is 41.0 Å². The first kappa shape index (κ1) is 17.0. The lowest BCUT2D eigenvalue weighted by atomic mass is 10.1. The van der Waals surface area contributed by atoms with E-state index in [4.69, 9.17) is 20.8 Å². The van der Waals surface area contributed by atoms with Crippen LogP contribution in [0.3, 0.4) is 0 Å². The Morgan fingerprint density at radius 3 is 2.52 bits per heavy atom. The Bertz CT molecular complexity index is 890. The normalized spacial score (nSPS) is 14.3. The van der Waals surface area contributed by atoms with Gasteiger partial charge in [-0.1, -0.05) is 11.6 Å². The Kier molecular flexibility index (Phi) is 4.22. The highest BCUT2D eigenvalue weighted by Gasteiger charge is 2.38. The molecule has 9 heteroatoms. The van der Waals surface area contributed by atoms with Gasteiger partial charge in [-0.25, -0.2) is 9.29 Å². The fourth-order valence-corrected chi connectivity index (χ4v) is 2.53. The molecule has 7 nitrogen and oxygen atoms in total. The van der Waals surface area contributed by atoms with Crippen LogP contribution in [0, 0.1) is 5.82 Å². The van der Waals surface area contributed by atoms with E-state index in [1.807, 2.05) is 0 Å². The summed E-state index contributed by atoms with van der Waals surface area (Å²) in [6.45, 7) is 1.07. The average Bonchev–Trinajstić information content (AvgIpc) is 3.03. The number of amides is 2. The first-order valence-electron chi connectivity index (χ1n) is 7.15. The molecule has 2 aromatic rings. The molecule has 1 aromatic carbocycles. The van der Waals surface area contributed by atoms with Gasteiger partial charge in [0.1, 0.15) is 5.82 Å². The Morgan fingerprint density at radius 1 is 1.32 bits per heavy atom. The molecule has 0 unspecified atom stereocenters. The third-order valence-corrected chi connectivity index (χ3v) is 3.81. The van der Waals surface area contributed by atoms with Crippen molar-refractivity contribution in [1.82, 2.24) is 0 Å². The molecular weight excluding hydrogens is 357 g/mol. The third-order valence-electron chi connectivity index (χ3n) is 3.51. The van der Waals surface area contributed by atoms with Crippen molar-refractivity contribution in [3.05, 3.63) is 29.0 Å². The van der Waals surface area contributed by atoms with Crippen LogP contribution in [0.5, 0.6) is 11.5 Å². The van der Waals surface area contributed by atoms with E-state index in [0.29, 0.717) is 4.90 Å². The number of carbonyl (C=O) groups excluding carboxylic acids is 3. The standard InChI is InChI=1S/C16H11ClFNO6/c1-7(20)24-15-13(23)14(8-2-3-9(17)10(18)6-8)25-16(15)19-11(21)4-5-12(19)22/h2-3,6,23H,4-5H2,1H3. The summed E-state index contributed by atoms with van der Waals surface area (Å²) in [5.41, 5.74) is 0.0816. The molecule has 0 aliphatic carbocycles. The van der Waals surface area contributed by atoms with Gasteiger partial charge in [-0.15, -0.1) is 0 Å². The highest BCUT2D eigenvalue weighted by Crippen LogP contribution is 2.49. The van der Waals surface area contributed by atoms with E-state index in [1.54, 1.807) is 0 Å². The molecule has 1 fully saturated rings. The summed E-state index contributed by atoms with van der Waals surface area (Å²) in [6, 6.07) is 3.60. The molecule has 25 heavy (non-hydrogen) atoms. The van der Waals surface area contributed by atoms with Gasteiger partial charge in [0.15, 0.2) is 5.76 Å². The maximum Gasteiger partial charge on any atom is 0.308 e. The summed E-state index contributed by atoms with van der Waals surface area (Å²) in [6.07, 6.45) is -0.0740. The van der Waals surface area contributed by atoms with Crippen molar-refractivity contribution in [2.24, 2.45) is 0 Å². The van der Waals surface area contributed by atoms with Crippen molar-refractivity contribution in [2.45, 2.75) is 19.8 Å². The zero-order valence-electron chi connectivity index (χ0n) is 12.8. The van der Waals surface area contributed by atoms with Crippen LogP contribution in [0.2, 0.25) is 5.02 Å². The summed E-state index contributed by atoms with van der Waals surface area (Å²) in [7, 11) is 0. The molecule has 0 bridgehead atoms. The van der Waals surface area contributed by atoms with Crippen molar-refractivity contribution < 1.29 is 33.0 Å². The average molecular weight is 368 g/mol. The predicted molar refractivity (Wildman–Crippen MR) is 83.8 cm³/mol. The number of furan rings is 1. The molecule has 2 heterocycles. The fraction of sp³-hybridized carbons (Fsp3) is 0.188. The van der Waals surface area contributed by atoms with Gasteiger partial charge >= 0.3 is 5.97 Å². The number of carbonyl (C=O) groups is 3. The fourth-order valence-electron chi connectivity index (χ4n) is 2.41. The van der Waals surface area contributed by atoms with E-state index in [0.717, 1.165) is 13.0 Å². The van der Waals surface area contributed by atoms with E-state index in [1.165, 1.54) is 12.1 Å². The van der Waals surface area contributed by atoms with Crippen molar-refractivity contribution in [2.75, 3.05) is 4.90 Å². The Labute approximate surface area is 145 Å². The number of anilines is 1. The van der Waals surface area contributed by atoms with Gasteiger partial charge in [0.05, 0.1) is 5.02 Å². The van der Waals surface area contributed by atoms with Crippen LogP contribution in [-0.4, -0.2) is 22.9 Å². The minimum Gasteiger partial charge on any atom is -0.502 e. The molecule has 0 radical (unpaired) electrons. The summed E-state index contributed by atoms with van der Waals surface area (Å²) >= 11 is 5.62. The van der Waals surface area contributed by atoms with Gasteiger partial charge in [0, 0.05) is 25.3 Å². The molecular formula is C16H11ClFNO6. The minimum atomic E-state index is -0.801. The lowest BCUT2D eigenvalue weighted by Gasteiger charge is -2.11. The van der Waals surface area contributed by atoms with Gasteiger partial charge in [-0.05, 0) is 18.2 Å². The highest BCUT2D eigenvalue weighted by molar-refractivity contribution is 6.30. The summed E-state index contributed by atoms with van der Waals surface area (Å²) < 4.78 is 24.0. The highest BCUT2D eigenvalue weighted by atomic mass is 35.5. The van der Waals surface area contributed by atoms with Crippen molar-refractivity contribution >= 4 is 35.3 Å². The van der Waals surface area contributed by atoms with E-state index >= 15 is 0 Å². The minimum absolute atomic E-state index is 0.0370. The number of esters is 1. The number of nitrogens with zero attached hydrogens (tertiary/aromatic N) is 1. The van der Waals surface area contributed by atoms with Crippen LogP contribution in [-0.2, 0) is 14.4 Å². The molecule has 1 aliphatic rings. The summed E-state index contributed by atoms with van der Waals surface area (Å²) in [5, 5.41) is 10.2. The van der Waals surface area contributed by atoms with Crippen LogP contribution >= 0.6 is 11.6 Å². The molecule has 1 aromatic heterocycles. The van der Waals surface area contributed by atoms with Crippen LogP contribution < -0.4 is 9.64 Å². The number of imide groups is 1. The number of rotatable bonds is 3. The van der Waals surface area contributed by atoms with Gasteiger partial charge in [-0.2, -0.15) is 0 Å². The van der Waals surface area contributed by atoms with E-state index in [2.05, 4.69) is 0 Å². The Morgan fingerprint density at radius 2 is 1.96 bits per heavy atom. The number of hydrogen-bond donors (Lipinski definition) is 1. The van der Waals surface area contributed by atoms with Crippen molar-refractivity contribution in [3.8, 4) is 22.8 Å². The Balaban J connectivity index is 2.17. The van der Waals surface area contributed by atoms with Gasteiger partial charge in [0.25, 0.3) is 5.88 Å². The zero-order valence-corrected chi connectivity index (χ0v) is 13.6. The van der Waals surface area contributed by atoms with Crippen molar-refractivity contribution in [1.29, 1.82) is 0 Å². The number of ether oxygens (including phenoxy) is 1. The monoisotopic (exact) mass is 367 g/mol. The van der Waals surface area contributed by atoms with Crippen LogP contribution in [0.15, 0.2) is 22.6 Å². The maximum atomic E-state index is 13.7. The van der Waals surface area contributed by atoms with Crippen LogP contribution in [0.25, 0.3) is 11.3 Å². The lowest BCUT2D eigenvalue weighted by Crippen LogP contribution is -2.28. The molecule has 1 N–H and O–H groups in total. The molecule has 1 saturated heterocycles. The van der Waals surface area contributed by atoms with Gasteiger partial charge in [-0.3, -0.25) is 14.4 Å². The summed E-state index contributed by atoms with van der Waals surface area (Å²) in [4.78, 5) is 35.8. The largest absolute Gasteiger partial charge is 0.502 e.